The number of ether oxygens (including phenoxy) is 1. The Hall–Kier alpha value is -1.81. The van der Waals surface area contributed by atoms with Gasteiger partial charge in [0.1, 0.15) is 5.75 Å². The molecular formula is C18H20BrNO2. The summed E-state index contributed by atoms with van der Waals surface area (Å²) in [5.41, 5.74) is 1.84. The van der Waals surface area contributed by atoms with Gasteiger partial charge in [0, 0.05) is 4.47 Å². The topological polar surface area (TPSA) is 38.3 Å². The van der Waals surface area contributed by atoms with E-state index in [2.05, 4.69) is 35.1 Å². The third-order valence-corrected chi connectivity index (χ3v) is 4.04. The van der Waals surface area contributed by atoms with Crippen molar-refractivity contribution in [3.63, 3.8) is 0 Å². The first kappa shape index (κ1) is 16.6. The van der Waals surface area contributed by atoms with E-state index in [1.54, 1.807) is 6.92 Å². The molecule has 4 heteroatoms. The maximum atomic E-state index is 12.3. The molecule has 0 heterocycles. The lowest BCUT2D eigenvalue weighted by atomic mass is 10.0. The number of amides is 1. The summed E-state index contributed by atoms with van der Waals surface area (Å²) in [7, 11) is 0. The highest BCUT2D eigenvalue weighted by Gasteiger charge is 2.18. The maximum absolute atomic E-state index is 12.3. The largest absolute Gasteiger partial charge is 0.481 e. The van der Waals surface area contributed by atoms with Crippen molar-refractivity contribution in [2.75, 3.05) is 5.32 Å². The molecule has 2 aromatic rings. The van der Waals surface area contributed by atoms with E-state index >= 15 is 0 Å². The molecule has 0 aliphatic rings. The Morgan fingerprint density at radius 2 is 1.68 bits per heavy atom. The average Bonchev–Trinajstić information content (AvgIpc) is 2.49. The molecule has 1 amide bonds. The molecule has 116 valence electrons. The Kier molecular flexibility index (Phi) is 5.61. The number of rotatable bonds is 5. The van der Waals surface area contributed by atoms with E-state index in [1.165, 1.54) is 0 Å². The lowest BCUT2D eigenvalue weighted by molar-refractivity contribution is -0.122. The van der Waals surface area contributed by atoms with E-state index < -0.39 is 6.10 Å². The first-order valence-corrected chi connectivity index (χ1v) is 8.09. The van der Waals surface area contributed by atoms with E-state index in [1.807, 2.05) is 48.5 Å². The summed E-state index contributed by atoms with van der Waals surface area (Å²) in [6.45, 7) is 5.96. The number of nitrogens with one attached hydrogen (secondary N) is 1. The third-order valence-electron chi connectivity index (χ3n) is 3.35. The molecule has 1 atom stereocenters. The number of carbonyl (C=O) groups is 1. The van der Waals surface area contributed by atoms with Gasteiger partial charge >= 0.3 is 0 Å². The normalized spacial score (nSPS) is 12.0. The summed E-state index contributed by atoms with van der Waals surface area (Å²) >= 11 is 3.42. The molecular weight excluding hydrogens is 342 g/mol. The quantitative estimate of drug-likeness (QED) is 0.815. The number of carbonyl (C=O) groups excluding carboxylic acids is 1. The Bertz CT molecular complexity index is 655. The molecule has 1 N–H and O–H groups in total. The van der Waals surface area contributed by atoms with Crippen molar-refractivity contribution >= 4 is 27.5 Å². The van der Waals surface area contributed by atoms with Crippen LogP contribution in [0.4, 0.5) is 5.69 Å². The van der Waals surface area contributed by atoms with Gasteiger partial charge in [0.2, 0.25) is 0 Å². The van der Waals surface area contributed by atoms with Crippen LogP contribution in [0.5, 0.6) is 5.75 Å². The van der Waals surface area contributed by atoms with Crippen molar-refractivity contribution in [1.82, 2.24) is 0 Å². The fourth-order valence-electron chi connectivity index (χ4n) is 2.11. The number of anilines is 1. The fourth-order valence-corrected chi connectivity index (χ4v) is 2.49. The molecule has 2 rings (SSSR count). The number of hydrogen-bond donors (Lipinski definition) is 1. The van der Waals surface area contributed by atoms with E-state index in [0.29, 0.717) is 5.92 Å². The molecule has 0 radical (unpaired) electrons. The molecule has 0 bridgehead atoms. The standard InChI is InChI=1S/C18H20BrNO2/c1-12(2)14-8-4-7-11-17(14)22-13(3)18(21)20-16-10-6-5-9-15(16)19/h4-13H,1-3H3,(H,20,21)/t13-/m1/s1. The minimum absolute atomic E-state index is 0.176. The van der Waals surface area contributed by atoms with Gasteiger partial charge in [-0.1, -0.05) is 44.2 Å². The van der Waals surface area contributed by atoms with Gasteiger partial charge in [-0.15, -0.1) is 0 Å². The molecule has 0 aliphatic heterocycles. The lowest BCUT2D eigenvalue weighted by Crippen LogP contribution is -2.30. The molecule has 0 spiro atoms. The summed E-state index contributed by atoms with van der Waals surface area (Å²) in [5, 5.41) is 2.87. The van der Waals surface area contributed by atoms with Gasteiger partial charge in [-0.3, -0.25) is 4.79 Å². The van der Waals surface area contributed by atoms with Crippen molar-refractivity contribution in [3.05, 3.63) is 58.6 Å². The van der Waals surface area contributed by atoms with Crippen LogP contribution in [0.3, 0.4) is 0 Å². The second-order valence-electron chi connectivity index (χ2n) is 5.42. The number of para-hydroxylation sites is 2. The van der Waals surface area contributed by atoms with E-state index in [-0.39, 0.29) is 5.91 Å². The predicted molar refractivity (Wildman–Crippen MR) is 93.4 cm³/mol. The van der Waals surface area contributed by atoms with Crippen LogP contribution in [0.1, 0.15) is 32.3 Å². The van der Waals surface area contributed by atoms with Gasteiger partial charge < -0.3 is 10.1 Å². The fraction of sp³-hybridized carbons (Fsp3) is 0.278. The van der Waals surface area contributed by atoms with Gasteiger partial charge in [0.05, 0.1) is 5.69 Å². The molecule has 0 unspecified atom stereocenters. The number of benzene rings is 2. The minimum atomic E-state index is -0.577. The zero-order valence-electron chi connectivity index (χ0n) is 13.0. The van der Waals surface area contributed by atoms with Crippen LogP contribution < -0.4 is 10.1 Å². The Balaban J connectivity index is 2.08. The molecule has 0 aromatic heterocycles. The average molecular weight is 362 g/mol. The van der Waals surface area contributed by atoms with Gasteiger partial charge in [-0.05, 0) is 52.5 Å². The summed E-state index contributed by atoms with van der Waals surface area (Å²) < 4.78 is 6.70. The monoisotopic (exact) mass is 361 g/mol. The van der Waals surface area contributed by atoms with Crippen molar-refractivity contribution in [2.45, 2.75) is 32.8 Å². The van der Waals surface area contributed by atoms with Crippen molar-refractivity contribution < 1.29 is 9.53 Å². The highest BCUT2D eigenvalue weighted by molar-refractivity contribution is 9.10. The third kappa shape index (κ3) is 4.10. The van der Waals surface area contributed by atoms with E-state index in [4.69, 9.17) is 4.74 Å². The Morgan fingerprint density at radius 3 is 2.36 bits per heavy atom. The minimum Gasteiger partial charge on any atom is -0.481 e. The second-order valence-corrected chi connectivity index (χ2v) is 6.28. The highest BCUT2D eigenvalue weighted by atomic mass is 79.9. The van der Waals surface area contributed by atoms with Gasteiger partial charge in [0.25, 0.3) is 5.91 Å². The first-order valence-electron chi connectivity index (χ1n) is 7.30. The number of halogens is 1. The summed E-state index contributed by atoms with van der Waals surface area (Å²) in [5.74, 6) is 0.924. The summed E-state index contributed by atoms with van der Waals surface area (Å²) in [4.78, 5) is 12.3. The molecule has 0 saturated heterocycles. The van der Waals surface area contributed by atoms with Crippen LogP contribution >= 0.6 is 15.9 Å². The van der Waals surface area contributed by atoms with Gasteiger partial charge in [0.15, 0.2) is 6.10 Å². The molecule has 0 fully saturated rings. The molecule has 2 aromatic carbocycles. The molecule has 22 heavy (non-hydrogen) atoms. The first-order chi connectivity index (χ1) is 10.5. The lowest BCUT2D eigenvalue weighted by Gasteiger charge is -2.19. The summed E-state index contributed by atoms with van der Waals surface area (Å²) in [6.07, 6.45) is -0.577. The van der Waals surface area contributed by atoms with Crippen LogP contribution in [0.15, 0.2) is 53.0 Å². The maximum Gasteiger partial charge on any atom is 0.265 e. The van der Waals surface area contributed by atoms with Crippen molar-refractivity contribution in [1.29, 1.82) is 0 Å². The van der Waals surface area contributed by atoms with E-state index in [9.17, 15) is 4.79 Å². The molecule has 0 saturated carbocycles. The van der Waals surface area contributed by atoms with Crippen molar-refractivity contribution in [3.8, 4) is 5.75 Å². The Morgan fingerprint density at radius 1 is 1.05 bits per heavy atom. The molecule has 3 nitrogen and oxygen atoms in total. The van der Waals surface area contributed by atoms with Crippen LogP contribution in [-0.4, -0.2) is 12.0 Å². The van der Waals surface area contributed by atoms with Gasteiger partial charge in [-0.25, -0.2) is 0 Å². The molecule has 0 aliphatic carbocycles. The zero-order chi connectivity index (χ0) is 16.1. The van der Waals surface area contributed by atoms with Crippen LogP contribution in [0.25, 0.3) is 0 Å². The number of hydrogen-bond acceptors (Lipinski definition) is 2. The van der Waals surface area contributed by atoms with Crippen LogP contribution in [0.2, 0.25) is 0 Å². The SMILES string of the molecule is CC(C)c1ccccc1O[C@H](C)C(=O)Nc1ccccc1Br. The van der Waals surface area contributed by atoms with Gasteiger partial charge in [-0.2, -0.15) is 0 Å². The van der Waals surface area contributed by atoms with E-state index in [0.717, 1.165) is 21.5 Å². The van der Waals surface area contributed by atoms with Crippen LogP contribution in [0, 0.1) is 0 Å². The summed E-state index contributed by atoms with van der Waals surface area (Å²) in [6, 6.07) is 15.3. The second kappa shape index (κ2) is 7.45. The highest BCUT2D eigenvalue weighted by Crippen LogP contribution is 2.27. The van der Waals surface area contributed by atoms with Crippen molar-refractivity contribution in [2.24, 2.45) is 0 Å². The zero-order valence-corrected chi connectivity index (χ0v) is 14.6. The predicted octanol–water partition coefficient (Wildman–Crippen LogP) is 4.98. The van der Waals surface area contributed by atoms with Crippen LogP contribution in [-0.2, 0) is 4.79 Å². The smallest absolute Gasteiger partial charge is 0.265 e. The Labute approximate surface area is 139 Å².